The van der Waals surface area contributed by atoms with E-state index in [0.29, 0.717) is 18.1 Å². The molecule has 1 aliphatic rings. The smallest absolute Gasteiger partial charge is 0.258 e. The Labute approximate surface area is 180 Å². The lowest BCUT2D eigenvalue weighted by molar-refractivity contribution is -0.123. The summed E-state index contributed by atoms with van der Waals surface area (Å²) in [5, 5.41) is 20.8. The first-order valence-corrected chi connectivity index (χ1v) is 10.4. The number of fused-ring (bicyclic) bond motifs is 1. The number of rotatable bonds is 8. The summed E-state index contributed by atoms with van der Waals surface area (Å²) in [4.78, 5) is 14.6. The molecule has 0 bridgehead atoms. The largest absolute Gasteiger partial charge is 0.484 e. The third-order valence-corrected chi connectivity index (χ3v) is 5.28. The number of para-hydroxylation sites is 1. The van der Waals surface area contributed by atoms with E-state index >= 15 is 0 Å². The van der Waals surface area contributed by atoms with Gasteiger partial charge in [-0.15, -0.1) is 10.2 Å². The number of furan rings is 1. The lowest BCUT2D eigenvalue weighted by Crippen LogP contribution is -2.33. The van der Waals surface area contributed by atoms with E-state index in [1.54, 1.807) is 6.07 Å². The molecule has 0 radical (unpaired) electrons. The zero-order valence-corrected chi connectivity index (χ0v) is 17.5. The Hall–Kier alpha value is -3.17. The molecule has 3 heterocycles. The molecule has 31 heavy (non-hydrogen) atoms. The fourth-order valence-corrected chi connectivity index (χ4v) is 3.69. The van der Waals surface area contributed by atoms with Gasteiger partial charge in [-0.1, -0.05) is 18.2 Å². The average molecular weight is 425 g/mol. The predicted octanol–water partition coefficient (Wildman–Crippen LogP) is 1.68. The number of carbonyl (C=O) groups is 1. The maximum Gasteiger partial charge on any atom is 0.258 e. The summed E-state index contributed by atoms with van der Waals surface area (Å²) in [5.74, 6) is 3.51. The molecule has 1 aliphatic heterocycles. The van der Waals surface area contributed by atoms with E-state index in [9.17, 15) is 4.79 Å². The molecule has 1 amide bonds. The van der Waals surface area contributed by atoms with Crippen LogP contribution >= 0.6 is 0 Å². The van der Waals surface area contributed by atoms with Crippen molar-refractivity contribution in [2.45, 2.75) is 39.1 Å². The second kappa shape index (κ2) is 9.76. The summed E-state index contributed by atoms with van der Waals surface area (Å²) in [5.41, 5.74) is 0. The molecule has 0 spiro atoms. The molecule has 4 rings (SSSR count). The molecule has 0 saturated carbocycles. The van der Waals surface area contributed by atoms with Crippen LogP contribution in [0.15, 0.2) is 46.9 Å². The molecular formula is C22H27N5O4. The molecule has 164 valence electrons. The number of nitrogens with one attached hydrogen (secondary N) is 1. The summed E-state index contributed by atoms with van der Waals surface area (Å²) in [6.07, 6.45) is 0.762. The van der Waals surface area contributed by atoms with Gasteiger partial charge in [0.1, 0.15) is 29.7 Å². The maximum absolute atomic E-state index is 12.3. The van der Waals surface area contributed by atoms with E-state index in [1.807, 2.05) is 43.3 Å². The highest BCUT2D eigenvalue weighted by Gasteiger charge is 2.23. The maximum atomic E-state index is 12.3. The zero-order chi connectivity index (χ0) is 21.6. The van der Waals surface area contributed by atoms with E-state index in [1.165, 1.54) is 0 Å². The number of ether oxygens (including phenoxy) is 1. The van der Waals surface area contributed by atoms with Crippen molar-refractivity contribution in [1.29, 1.82) is 0 Å². The van der Waals surface area contributed by atoms with Gasteiger partial charge in [-0.3, -0.25) is 9.69 Å². The predicted molar refractivity (Wildman–Crippen MR) is 112 cm³/mol. The minimum Gasteiger partial charge on any atom is -0.484 e. The third kappa shape index (κ3) is 5.31. The Morgan fingerprint density at radius 1 is 1.16 bits per heavy atom. The van der Waals surface area contributed by atoms with Gasteiger partial charge in [0, 0.05) is 26.1 Å². The minimum absolute atomic E-state index is 0.0535. The van der Waals surface area contributed by atoms with Crippen molar-refractivity contribution in [3.8, 4) is 5.75 Å². The second-order valence-electron chi connectivity index (χ2n) is 7.57. The topological polar surface area (TPSA) is 106 Å². The van der Waals surface area contributed by atoms with Crippen molar-refractivity contribution in [2.75, 3.05) is 19.7 Å². The van der Waals surface area contributed by atoms with Crippen LogP contribution in [0.1, 0.15) is 36.1 Å². The van der Waals surface area contributed by atoms with Gasteiger partial charge in [0.15, 0.2) is 12.4 Å². The third-order valence-electron chi connectivity index (χ3n) is 5.28. The first-order chi connectivity index (χ1) is 15.1. The van der Waals surface area contributed by atoms with Gasteiger partial charge >= 0.3 is 0 Å². The summed E-state index contributed by atoms with van der Waals surface area (Å²) in [7, 11) is 0. The summed E-state index contributed by atoms with van der Waals surface area (Å²) < 4.78 is 13.2. The molecule has 3 aromatic rings. The van der Waals surface area contributed by atoms with Crippen molar-refractivity contribution in [3.05, 3.63) is 65.6 Å². The second-order valence-corrected chi connectivity index (χ2v) is 7.57. The molecule has 1 aromatic carbocycles. The minimum atomic E-state index is -0.281. The van der Waals surface area contributed by atoms with Crippen molar-refractivity contribution in [1.82, 2.24) is 25.0 Å². The van der Waals surface area contributed by atoms with Crippen LogP contribution in [0.25, 0.3) is 0 Å². The number of benzene rings is 1. The van der Waals surface area contributed by atoms with Crippen LogP contribution in [-0.4, -0.2) is 50.4 Å². The van der Waals surface area contributed by atoms with Gasteiger partial charge in [0.2, 0.25) is 0 Å². The van der Waals surface area contributed by atoms with E-state index < -0.39 is 0 Å². The van der Waals surface area contributed by atoms with E-state index in [0.717, 1.165) is 43.5 Å². The SMILES string of the molecule is C[C@@H](NC(=O)COc1ccccc1)c1nnc2n1CCN(Cc1ccc(CO)o1)CC2. The molecule has 2 N–H and O–H groups in total. The molecule has 0 aliphatic carbocycles. The Morgan fingerprint density at radius 2 is 1.97 bits per heavy atom. The van der Waals surface area contributed by atoms with Crippen LogP contribution in [0.2, 0.25) is 0 Å². The number of hydrogen-bond acceptors (Lipinski definition) is 7. The van der Waals surface area contributed by atoms with Crippen molar-refractivity contribution in [2.24, 2.45) is 0 Å². The van der Waals surface area contributed by atoms with Gasteiger partial charge in [-0.25, -0.2) is 0 Å². The number of aromatic nitrogens is 3. The van der Waals surface area contributed by atoms with Crippen LogP contribution in [0.3, 0.4) is 0 Å². The molecule has 9 heteroatoms. The van der Waals surface area contributed by atoms with E-state index in [2.05, 4.69) is 25.0 Å². The van der Waals surface area contributed by atoms with Gasteiger partial charge in [0.05, 0.1) is 12.6 Å². The molecule has 9 nitrogen and oxygen atoms in total. The highest BCUT2D eigenvalue weighted by molar-refractivity contribution is 5.77. The first-order valence-electron chi connectivity index (χ1n) is 10.4. The zero-order valence-electron chi connectivity index (χ0n) is 17.5. The van der Waals surface area contributed by atoms with Crippen molar-refractivity contribution >= 4 is 5.91 Å². The number of amides is 1. The van der Waals surface area contributed by atoms with Gasteiger partial charge in [0.25, 0.3) is 5.91 Å². The standard InChI is InChI=1S/C22H27N5O4/c1-16(23-21(29)15-30-17-5-3-2-4-6-17)22-25-24-20-9-10-26(11-12-27(20)22)13-18-7-8-19(14-28)31-18/h2-8,16,28H,9-15H2,1H3,(H,23,29)/t16-/m1/s1. The van der Waals surface area contributed by atoms with Gasteiger partial charge < -0.3 is 24.1 Å². The van der Waals surface area contributed by atoms with E-state index in [4.69, 9.17) is 14.3 Å². The van der Waals surface area contributed by atoms with Crippen LogP contribution in [0.4, 0.5) is 0 Å². The van der Waals surface area contributed by atoms with Crippen LogP contribution in [0, 0.1) is 0 Å². The number of hydrogen-bond donors (Lipinski definition) is 2. The number of aliphatic hydroxyl groups is 1. The van der Waals surface area contributed by atoms with Crippen LogP contribution in [0.5, 0.6) is 5.75 Å². The lowest BCUT2D eigenvalue weighted by atomic mass is 10.3. The summed E-state index contributed by atoms with van der Waals surface area (Å²) >= 11 is 0. The molecular weight excluding hydrogens is 398 g/mol. The molecule has 0 fully saturated rings. The lowest BCUT2D eigenvalue weighted by Gasteiger charge is -2.19. The van der Waals surface area contributed by atoms with Crippen molar-refractivity contribution < 1.29 is 19.1 Å². The molecule has 1 atom stereocenters. The van der Waals surface area contributed by atoms with E-state index in [-0.39, 0.29) is 25.2 Å². The first kappa shape index (κ1) is 21.1. The normalized spacial score (nSPS) is 15.2. The molecule has 0 saturated heterocycles. The molecule has 2 aromatic heterocycles. The number of aliphatic hydroxyl groups excluding tert-OH is 1. The summed E-state index contributed by atoms with van der Waals surface area (Å²) in [6.45, 7) is 4.80. The monoisotopic (exact) mass is 425 g/mol. The average Bonchev–Trinajstić information content (AvgIpc) is 3.36. The number of carbonyl (C=O) groups excluding carboxylic acids is 1. The van der Waals surface area contributed by atoms with Crippen LogP contribution in [-0.2, 0) is 30.9 Å². The van der Waals surface area contributed by atoms with Crippen LogP contribution < -0.4 is 10.1 Å². The fourth-order valence-electron chi connectivity index (χ4n) is 3.69. The van der Waals surface area contributed by atoms with Gasteiger partial charge in [-0.2, -0.15) is 0 Å². The summed E-state index contributed by atoms with van der Waals surface area (Å²) in [6, 6.07) is 12.7. The number of nitrogens with zero attached hydrogens (tertiary/aromatic N) is 4. The Morgan fingerprint density at radius 3 is 2.74 bits per heavy atom. The fraction of sp³-hybridized carbons (Fsp3) is 0.409. The Balaban J connectivity index is 1.32. The van der Waals surface area contributed by atoms with Gasteiger partial charge in [-0.05, 0) is 31.2 Å². The molecule has 0 unspecified atom stereocenters. The highest BCUT2D eigenvalue weighted by Crippen LogP contribution is 2.18. The quantitative estimate of drug-likeness (QED) is 0.566. The van der Waals surface area contributed by atoms with Crippen molar-refractivity contribution in [3.63, 3.8) is 0 Å². The Kier molecular flexibility index (Phi) is 6.63. The highest BCUT2D eigenvalue weighted by atomic mass is 16.5. The Bertz CT molecular complexity index is 1000.